The zero-order valence-electron chi connectivity index (χ0n) is 13.6. The maximum absolute atomic E-state index is 5.53. The van der Waals surface area contributed by atoms with E-state index >= 15 is 0 Å². The number of hydrogen-bond donors (Lipinski definition) is 2. The quantitative estimate of drug-likeness (QED) is 0.839. The van der Waals surface area contributed by atoms with E-state index < -0.39 is 0 Å². The second kappa shape index (κ2) is 7.48. The van der Waals surface area contributed by atoms with Gasteiger partial charge in [0.1, 0.15) is 6.33 Å². The van der Waals surface area contributed by atoms with Crippen LogP contribution in [0.1, 0.15) is 46.5 Å². The first-order valence-corrected chi connectivity index (χ1v) is 8.06. The maximum atomic E-state index is 5.53. The van der Waals surface area contributed by atoms with Gasteiger partial charge in [0, 0.05) is 12.6 Å². The Morgan fingerprint density at radius 1 is 1.24 bits per heavy atom. The number of nitrogens with zero attached hydrogens (tertiary/aromatic N) is 2. The zero-order valence-corrected chi connectivity index (χ0v) is 13.6. The first-order valence-electron chi connectivity index (χ1n) is 8.06. The van der Waals surface area contributed by atoms with Gasteiger partial charge in [0.05, 0.1) is 7.11 Å². The normalized spacial score (nSPS) is 25.4. The fourth-order valence-electron chi connectivity index (χ4n) is 3.00. The second-order valence-electron chi connectivity index (χ2n) is 6.05. The summed E-state index contributed by atoms with van der Waals surface area (Å²) in [4.78, 5) is 8.67. The molecule has 0 spiro atoms. The molecule has 0 aromatic carbocycles. The van der Waals surface area contributed by atoms with Crippen molar-refractivity contribution in [2.75, 3.05) is 24.3 Å². The second-order valence-corrected chi connectivity index (χ2v) is 6.05. The van der Waals surface area contributed by atoms with Crippen molar-refractivity contribution in [3.8, 4) is 5.75 Å². The molecule has 0 amide bonds. The van der Waals surface area contributed by atoms with Gasteiger partial charge >= 0.3 is 0 Å². The third-order valence-corrected chi connectivity index (χ3v) is 4.58. The number of ether oxygens (including phenoxy) is 1. The van der Waals surface area contributed by atoms with Gasteiger partial charge in [-0.1, -0.05) is 33.6 Å². The standard InChI is InChI=1S/C16H28N4O/c1-5-9-17-15-14(21-4)16(19-10-18-15)20-13-8-6-7-11(2)12(13)3/h10-13H,5-9H2,1-4H3,(H2,17,18,19,20). The topological polar surface area (TPSA) is 59.1 Å². The summed E-state index contributed by atoms with van der Waals surface area (Å²) in [6.45, 7) is 7.67. The van der Waals surface area contributed by atoms with Gasteiger partial charge in [0.15, 0.2) is 11.6 Å². The van der Waals surface area contributed by atoms with E-state index in [2.05, 4.69) is 41.4 Å². The van der Waals surface area contributed by atoms with Crippen molar-refractivity contribution in [2.45, 2.75) is 52.5 Å². The molecule has 1 saturated carbocycles. The van der Waals surface area contributed by atoms with Crippen LogP contribution in [0.4, 0.5) is 11.6 Å². The summed E-state index contributed by atoms with van der Waals surface area (Å²) in [5, 5.41) is 6.88. The minimum Gasteiger partial charge on any atom is -0.490 e. The highest BCUT2D eigenvalue weighted by Gasteiger charge is 2.28. The molecule has 1 fully saturated rings. The van der Waals surface area contributed by atoms with Crippen LogP contribution in [0.2, 0.25) is 0 Å². The molecule has 1 aliphatic carbocycles. The monoisotopic (exact) mass is 292 g/mol. The molecule has 5 nitrogen and oxygen atoms in total. The van der Waals surface area contributed by atoms with E-state index in [0.717, 1.165) is 36.3 Å². The highest BCUT2D eigenvalue weighted by molar-refractivity contribution is 5.63. The maximum Gasteiger partial charge on any atom is 0.204 e. The van der Waals surface area contributed by atoms with Crippen LogP contribution in [0.25, 0.3) is 0 Å². The summed E-state index contributed by atoms with van der Waals surface area (Å²) in [6, 6.07) is 0.455. The molecule has 118 valence electrons. The van der Waals surface area contributed by atoms with E-state index in [4.69, 9.17) is 4.74 Å². The largest absolute Gasteiger partial charge is 0.490 e. The van der Waals surface area contributed by atoms with Crippen molar-refractivity contribution in [3.05, 3.63) is 6.33 Å². The zero-order chi connectivity index (χ0) is 15.2. The van der Waals surface area contributed by atoms with Crippen molar-refractivity contribution in [1.82, 2.24) is 9.97 Å². The smallest absolute Gasteiger partial charge is 0.204 e. The van der Waals surface area contributed by atoms with Crippen molar-refractivity contribution >= 4 is 11.6 Å². The molecule has 0 radical (unpaired) electrons. The van der Waals surface area contributed by atoms with Crippen LogP contribution in [-0.4, -0.2) is 29.7 Å². The summed E-state index contributed by atoms with van der Waals surface area (Å²) in [7, 11) is 1.67. The Balaban J connectivity index is 2.15. The SMILES string of the molecule is CCCNc1ncnc(NC2CCCC(C)C2C)c1OC. The number of methoxy groups -OCH3 is 1. The van der Waals surface area contributed by atoms with E-state index in [-0.39, 0.29) is 0 Å². The lowest BCUT2D eigenvalue weighted by Gasteiger charge is -2.35. The number of hydrogen-bond acceptors (Lipinski definition) is 5. The molecule has 0 aliphatic heterocycles. The van der Waals surface area contributed by atoms with Gasteiger partial charge in [-0.2, -0.15) is 0 Å². The van der Waals surface area contributed by atoms with Crippen LogP contribution in [0.15, 0.2) is 6.33 Å². The highest BCUT2D eigenvalue weighted by Crippen LogP contribution is 2.35. The number of nitrogens with one attached hydrogen (secondary N) is 2. The number of rotatable bonds is 6. The average molecular weight is 292 g/mol. The lowest BCUT2D eigenvalue weighted by atomic mass is 9.78. The molecular formula is C16H28N4O. The highest BCUT2D eigenvalue weighted by atomic mass is 16.5. The van der Waals surface area contributed by atoms with Crippen molar-refractivity contribution < 1.29 is 4.74 Å². The summed E-state index contributed by atoms with van der Waals surface area (Å²) in [6.07, 6.45) is 6.43. The van der Waals surface area contributed by atoms with E-state index in [1.807, 2.05) is 0 Å². The van der Waals surface area contributed by atoms with Gasteiger partial charge in [0.25, 0.3) is 0 Å². The Morgan fingerprint density at radius 3 is 2.71 bits per heavy atom. The molecule has 3 unspecified atom stereocenters. The predicted molar refractivity (Wildman–Crippen MR) is 87.0 cm³/mol. The Bertz CT molecular complexity index is 452. The Morgan fingerprint density at radius 2 is 2.00 bits per heavy atom. The first-order chi connectivity index (χ1) is 10.2. The molecule has 1 aromatic rings. The third kappa shape index (κ3) is 3.77. The van der Waals surface area contributed by atoms with Gasteiger partial charge in [-0.25, -0.2) is 9.97 Å². The predicted octanol–water partition coefficient (Wildman–Crippen LogP) is 3.54. The summed E-state index contributed by atoms with van der Waals surface area (Å²) < 4.78 is 5.53. The Kier molecular flexibility index (Phi) is 5.65. The lowest BCUT2D eigenvalue weighted by molar-refractivity contribution is 0.252. The Hall–Kier alpha value is -1.52. The van der Waals surface area contributed by atoms with Gasteiger partial charge in [0.2, 0.25) is 5.75 Å². The molecular weight excluding hydrogens is 264 g/mol. The van der Waals surface area contributed by atoms with Crippen LogP contribution in [0.5, 0.6) is 5.75 Å². The van der Waals surface area contributed by atoms with Gasteiger partial charge in [-0.05, 0) is 24.7 Å². The van der Waals surface area contributed by atoms with Crippen molar-refractivity contribution in [1.29, 1.82) is 0 Å². The van der Waals surface area contributed by atoms with Crippen molar-refractivity contribution in [2.24, 2.45) is 11.8 Å². The third-order valence-electron chi connectivity index (χ3n) is 4.58. The first kappa shape index (κ1) is 15.9. The van der Waals surface area contributed by atoms with E-state index in [9.17, 15) is 0 Å². The molecule has 1 aliphatic rings. The lowest BCUT2D eigenvalue weighted by Crippen LogP contribution is -2.35. The van der Waals surface area contributed by atoms with Crippen LogP contribution < -0.4 is 15.4 Å². The van der Waals surface area contributed by atoms with Gasteiger partial charge in [-0.15, -0.1) is 0 Å². The van der Waals surface area contributed by atoms with Crippen LogP contribution in [0, 0.1) is 11.8 Å². The molecule has 2 rings (SSSR count). The summed E-state index contributed by atoms with van der Waals surface area (Å²) in [5.41, 5.74) is 0. The van der Waals surface area contributed by atoms with E-state index in [1.54, 1.807) is 13.4 Å². The Labute approximate surface area is 127 Å². The fraction of sp³-hybridized carbons (Fsp3) is 0.750. The molecule has 5 heteroatoms. The molecule has 1 heterocycles. The average Bonchev–Trinajstić information content (AvgIpc) is 2.50. The molecule has 0 saturated heterocycles. The van der Waals surface area contributed by atoms with E-state index in [0.29, 0.717) is 12.0 Å². The molecule has 1 aromatic heterocycles. The number of aromatic nitrogens is 2. The van der Waals surface area contributed by atoms with Gasteiger partial charge in [-0.3, -0.25) is 0 Å². The minimum absolute atomic E-state index is 0.455. The van der Waals surface area contributed by atoms with Crippen LogP contribution >= 0.6 is 0 Å². The summed E-state index contributed by atoms with van der Waals surface area (Å²) in [5.74, 6) is 3.69. The molecule has 3 atom stereocenters. The van der Waals surface area contributed by atoms with Crippen molar-refractivity contribution in [3.63, 3.8) is 0 Å². The van der Waals surface area contributed by atoms with Crippen LogP contribution in [0.3, 0.4) is 0 Å². The minimum atomic E-state index is 0.455. The molecule has 21 heavy (non-hydrogen) atoms. The molecule has 2 N–H and O–H groups in total. The number of anilines is 2. The molecule has 0 bridgehead atoms. The fourth-order valence-corrected chi connectivity index (χ4v) is 3.00. The van der Waals surface area contributed by atoms with Crippen LogP contribution in [-0.2, 0) is 0 Å². The van der Waals surface area contributed by atoms with Gasteiger partial charge < -0.3 is 15.4 Å². The van der Waals surface area contributed by atoms with E-state index in [1.165, 1.54) is 19.3 Å². The summed E-state index contributed by atoms with van der Waals surface area (Å²) >= 11 is 0.